The molecule has 0 saturated carbocycles. The van der Waals surface area contributed by atoms with Gasteiger partial charge in [0, 0.05) is 0 Å². The van der Waals surface area contributed by atoms with Gasteiger partial charge in [-0.3, -0.25) is 4.68 Å². The smallest absolute Gasteiger partial charge is 0.420 e. The quantitative estimate of drug-likeness (QED) is 0.577. The van der Waals surface area contributed by atoms with Gasteiger partial charge < -0.3 is 4.74 Å². The summed E-state index contributed by atoms with van der Waals surface area (Å²) in [5.41, 5.74) is -2.40. The van der Waals surface area contributed by atoms with Gasteiger partial charge in [-0.15, -0.1) is 0 Å². The molecule has 1 heterocycles. The summed E-state index contributed by atoms with van der Waals surface area (Å²) < 4.78 is 46.5. The molecule has 0 saturated heterocycles. The lowest BCUT2D eigenvalue weighted by atomic mass is 10.1. The van der Waals surface area contributed by atoms with E-state index in [4.69, 9.17) is 4.74 Å². The highest BCUT2D eigenvalue weighted by atomic mass is 19.4. The summed E-state index contributed by atoms with van der Waals surface area (Å²) in [6.45, 7) is 8.05. The molecule has 2 aromatic rings. The van der Waals surface area contributed by atoms with Crippen molar-refractivity contribution in [3.8, 4) is 11.8 Å². The predicted octanol–water partition coefficient (Wildman–Crippen LogP) is 4.64. The maximum atomic E-state index is 13.4. The Morgan fingerprint density at radius 2 is 1.93 bits per heavy atom. The molecule has 4 nitrogen and oxygen atoms in total. The Balaban J connectivity index is 2.51. The highest BCUT2D eigenvalue weighted by Crippen LogP contribution is 2.34. The summed E-state index contributed by atoms with van der Waals surface area (Å²) >= 11 is 0. The number of halogens is 3. The largest absolute Gasteiger partial charge is 0.442 e. The number of benzene rings is 1. The topological polar surface area (TPSA) is 44.1 Å². The van der Waals surface area contributed by atoms with Crippen LogP contribution in [0.2, 0.25) is 0 Å². The SMILES string of the molecule is C=CC#CC(C)(C)OC(=O)c1c(C(F)(F)F)cnn1[C@H](C)c1ccccc1. The molecule has 142 valence electrons. The highest BCUT2D eigenvalue weighted by Gasteiger charge is 2.41. The normalized spacial score (nSPS) is 12.7. The average molecular weight is 376 g/mol. The zero-order chi connectivity index (χ0) is 20.2. The zero-order valence-electron chi connectivity index (χ0n) is 15.2. The van der Waals surface area contributed by atoms with E-state index in [2.05, 4.69) is 23.5 Å². The molecule has 0 spiro atoms. The van der Waals surface area contributed by atoms with Crippen molar-refractivity contribution in [1.29, 1.82) is 0 Å². The number of esters is 1. The molecule has 0 aliphatic heterocycles. The van der Waals surface area contributed by atoms with Crippen molar-refractivity contribution in [3.63, 3.8) is 0 Å². The number of carbonyl (C=O) groups excluding carboxylic acids is 1. The van der Waals surface area contributed by atoms with Crippen LogP contribution in [0.25, 0.3) is 0 Å². The van der Waals surface area contributed by atoms with Gasteiger partial charge in [0.05, 0.1) is 12.2 Å². The average Bonchev–Trinajstić information content (AvgIpc) is 3.05. The Morgan fingerprint density at radius 1 is 1.30 bits per heavy atom. The van der Waals surface area contributed by atoms with Crippen molar-refractivity contribution < 1.29 is 22.7 Å². The highest BCUT2D eigenvalue weighted by molar-refractivity contribution is 5.90. The number of alkyl halides is 3. The molecule has 0 fully saturated rings. The van der Waals surface area contributed by atoms with Crippen molar-refractivity contribution in [2.75, 3.05) is 0 Å². The van der Waals surface area contributed by atoms with Gasteiger partial charge in [-0.05, 0) is 32.4 Å². The maximum Gasteiger partial charge on any atom is 0.420 e. The lowest BCUT2D eigenvalue weighted by Gasteiger charge is -2.22. The minimum atomic E-state index is -4.75. The molecule has 2 rings (SSSR count). The Kier molecular flexibility index (Phi) is 5.79. The zero-order valence-corrected chi connectivity index (χ0v) is 15.2. The molecule has 1 aromatic heterocycles. The third kappa shape index (κ3) is 4.79. The first kappa shape index (κ1) is 20.3. The lowest BCUT2D eigenvalue weighted by molar-refractivity contribution is -0.138. The second kappa shape index (κ2) is 7.70. The van der Waals surface area contributed by atoms with Gasteiger partial charge in [0.1, 0.15) is 5.56 Å². The van der Waals surface area contributed by atoms with E-state index in [1.807, 2.05) is 0 Å². The number of rotatable bonds is 4. The van der Waals surface area contributed by atoms with Gasteiger partial charge in [-0.25, -0.2) is 4.79 Å². The van der Waals surface area contributed by atoms with Crippen LogP contribution in [0.15, 0.2) is 49.2 Å². The number of nitrogens with zero attached hydrogens (tertiary/aromatic N) is 2. The molecule has 0 aliphatic carbocycles. The van der Waals surface area contributed by atoms with Crippen LogP contribution in [0, 0.1) is 11.8 Å². The number of ether oxygens (including phenoxy) is 1. The first-order chi connectivity index (χ1) is 12.6. The Morgan fingerprint density at radius 3 is 2.48 bits per heavy atom. The first-order valence-corrected chi connectivity index (χ1v) is 8.13. The first-order valence-electron chi connectivity index (χ1n) is 8.13. The third-order valence-corrected chi connectivity index (χ3v) is 3.77. The minimum Gasteiger partial charge on any atom is -0.442 e. The molecule has 0 unspecified atom stereocenters. The van der Waals surface area contributed by atoms with Gasteiger partial charge in [-0.2, -0.15) is 18.3 Å². The summed E-state index contributed by atoms with van der Waals surface area (Å²) in [6, 6.07) is 8.18. The van der Waals surface area contributed by atoms with E-state index in [-0.39, 0.29) is 0 Å². The van der Waals surface area contributed by atoms with Crippen LogP contribution in [0.5, 0.6) is 0 Å². The second-order valence-electron chi connectivity index (χ2n) is 6.31. The number of hydrogen-bond donors (Lipinski definition) is 0. The summed E-state index contributed by atoms with van der Waals surface area (Å²) in [4.78, 5) is 12.6. The fraction of sp³-hybridized carbons (Fsp3) is 0.300. The summed E-state index contributed by atoms with van der Waals surface area (Å²) in [5, 5.41) is 3.82. The van der Waals surface area contributed by atoms with E-state index in [0.717, 1.165) is 4.68 Å². The maximum absolute atomic E-state index is 13.4. The van der Waals surface area contributed by atoms with Gasteiger partial charge in [0.2, 0.25) is 0 Å². The van der Waals surface area contributed by atoms with Gasteiger partial charge in [0.15, 0.2) is 11.3 Å². The summed E-state index contributed by atoms with van der Waals surface area (Å²) in [7, 11) is 0. The minimum absolute atomic E-state index is 0.604. The molecule has 0 amide bonds. The predicted molar refractivity (Wildman–Crippen MR) is 95.0 cm³/mol. The molecule has 0 aliphatic rings. The van der Waals surface area contributed by atoms with Crippen molar-refractivity contribution in [3.05, 3.63) is 66.0 Å². The van der Waals surface area contributed by atoms with Crippen molar-refractivity contribution in [2.24, 2.45) is 0 Å². The second-order valence-corrected chi connectivity index (χ2v) is 6.31. The van der Waals surface area contributed by atoms with Crippen LogP contribution in [0.1, 0.15) is 48.4 Å². The summed E-state index contributed by atoms with van der Waals surface area (Å²) in [6.07, 6.45) is -2.81. The number of allylic oxidation sites excluding steroid dienone is 1. The van der Waals surface area contributed by atoms with Crippen LogP contribution in [-0.2, 0) is 10.9 Å². The summed E-state index contributed by atoms with van der Waals surface area (Å²) in [5.74, 6) is 4.01. The molecule has 1 aromatic carbocycles. The molecule has 27 heavy (non-hydrogen) atoms. The van der Waals surface area contributed by atoms with E-state index in [0.29, 0.717) is 11.8 Å². The molecule has 0 N–H and O–H groups in total. The number of carbonyl (C=O) groups is 1. The van der Waals surface area contributed by atoms with E-state index in [1.54, 1.807) is 37.3 Å². The molecule has 1 atom stereocenters. The van der Waals surface area contributed by atoms with Crippen molar-refractivity contribution in [1.82, 2.24) is 9.78 Å². The van der Waals surface area contributed by atoms with E-state index in [9.17, 15) is 18.0 Å². The fourth-order valence-corrected chi connectivity index (χ4v) is 2.47. The molecule has 7 heteroatoms. The van der Waals surface area contributed by atoms with Crippen LogP contribution in [0.4, 0.5) is 13.2 Å². The number of hydrogen-bond acceptors (Lipinski definition) is 3. The standard InChI is InChI=1S/C20H19F3N2O2/c1-5-6-12-19(3,4)27-18(26)17-16(20(21,22)23)13-24-25(17)14(2)15-10-8-7-9-11-15/h5,7-11,13-14H,1H2,2-4H3/t14-/m1/s1. The van der Waals surface area contributed by atoms with E-state index >= 15 is 0 Å². The molecular weight excluding hydrogens is 357 g/mol. The van der Waals surface area contributed by atoms with Crippen molar-refractivity contribution >= 4 is 5.97 Å². The lowest BCUT2D eigenvalue weighted by Crippen LogP contribution is -2.29. The fourth-order valence-electron chi connectivity index (χ4n) is 2.47. The van der Waals surface area contributed by atoms with Crippen LogP contribution >= 0.6 is 0 Å². The van der Waals surface area contributed by atoms with Gasteiger partial charge in [0.25, 0.3) is 0 Å². The Bertz CT molecular complexity index is 887. The molecule has 0 radical (unpaired) electrons. The van der Waals surface area contributed by atoms with E-state index < -0.39 is 35.0 Å². The molecule has 0 bridgehead atoms. The van der Waals surface area contributed by atoms with E-state index in [1.165, 1.54) is 19.9 Å². The Hall–Kier alpha value is -3.01. The monoisotopic (exact) mass is 376 g/mol. The van der Waals surface area contributed by atoms with Crippen LogP contribution in [0.3, 0.4) is 0 Å². The molecular formula is C20H19F3N2O2. The van der Waals surface area contributed by atoms with Gasteiger partial charge >= 0.3 is 12.1 Å². The van der Waals surface area contributed by atoms with Crippen molar-refractivity contribution in [2.45, 2.75) is 38.6 Å². The number of aromatic nitrogens is 2. The Labute approximate surface area is 155 Å². The van der Waals surface area contributed by atoms with Gasteiger partial charge in [-0.1, -0.05) is 48.8 Å². The van der Waals surface area contributed by atoms with Crippen LogP contribution in [-0.4, -0.2) is 21.4 Å². The third-order valence-electron chi connectivity index (χ3n) is 3.77. The van der Waals surface area contributed by atoms with Crippen LogP contribution < -0.4 is 0 Å².